The molecule has 12 heteroatoms. The molecule has 3 aromatic heterocycles. The standard InChI is InChI=1S/C24H27BrF2N6O2Si/c1-32-23(28-13-29-32)24(34)31-18-10-9-17-19(25)20(15-7-5-6-8-16(15)21(26)27)33(22(17)30-18)14-35-11-12-36(2,3)4/h5-10,13,21H,11-12,14H2,1-4H3,(H,30,31,34). The first-order valence-corrected chi connectivity index (χ1v) is 15.9. The molecule has 190 valence electrons. The predicted molar refractivity (Wildman–Crippen MR) is 141 cm³/mol. The first-order valence-electron chi connectivity index (χ1n) is 11.4. The second-order valence-corrected chi connectivity index (χ2v) is 16.0. The molecule has 4 rings (SSSR count). The van der Waals surface area contributed by atoms with Crippen molar-refractivity contribution in [3.63, 3.8) is 0 Å². The van der Waals surface area contributed by atoms with E-state index < -0.39 is 20.4 Å². The van der Waals surface area contributed by atoms with Crippen LogP contribution in [-0.4, -0.2) is 44.9 Å². The maximum Gasteiger partial charge on any atom is 0.294 e. The number of aromatic nitrogens is 5. The van der Waals surface area contributed by atoms with Crippen molar-refractivity contribution in [3.05, 3.63) is 58.6 Å². The second kappa shape index (κ2) is 10.6. The molecule has 8 nitrogen and oxygen atoms in total. The van der Waals surface area contributed by atoms with Crippen molar-refractivity contribution in [2.24, 2.45) is 7.05 Å². The van der Waals surface area contributed by atoms with Gasteiger partial charge in [-0.2, -0.15) is 5.10 Å². The molecule has 0 fully saturated rings. The van der Waals surface area contributed by atoms with Gasteiger partial charge in [0, 0.05) is 38.2 Å². The zero-order valence-electron chi connectivity index (χ0n) is 20.4. The lowest BCUT2D eigenvalue weighted by Gasteiger charge is -2.17. The van der Waals surface area contributed by atoms with E-state index in [2.05, 4.69) is 56.0 Å². The zero-order chi connectivity index (χ0) is 26.0. The van der Waals surface area contributed by atoms with Gasteiger partial charge in [-0.25, -0.2) is 23.4 Å². The van der Waals surface area contributed by atoms with E-state index in [1.54, 1.807) is 41.9 Å². The molecule has 0 saturated heterocycles. The van der Waals surface area contributed by atoms with Gasteiger partial charge in [-0.15, -0.1) is 0 Å². The summed E-state index contributed by atoms with van der Waals surface area (Å²) in [6.45, 7) is 7.44. The summed E-state index contributed by atoms with van der Waals surface area (Å²) in [6, 6.07) is 10.8. The van der Waals surface area contributed by atoms with E-state index in [9.17, 15) is 13.6 Å². The highest BCUT2D eigenvalue weighted by molar-refractivity contribution is 9.10. The normalized spacial score (nSPS) is 12.0. The monoisotopic (exact) mass is 576 g/mol. The highest BCUT2D eigenvalue weighted by Crippen LogP contribution is 2.41. The number of hydrogen-bond acceptors (Lipinski definition) is 5. The molecule has 1 aromatic carbocycles. The number of aryl methyl sites for hydroxylation is 1. The fraction of sp³-hybridized carbons (Fsp3) is 0.333. The van der Waals surface area contributed by atoms with Gasteiger partial charge in [0.1, 0.15) is 24.5 Å². The fourth-order valence-corrected chi connectivity index (χ4v) is 5.24. The van der Waals surface area contributed by atoms with Gasteiger partial charge in [-0.1, -0.05) is 43.9 Å². The lowest BCUT2D eigenvalue weighted by molar-refractivity contribution is 0.0907. The van der Waals surface area contributed by atoms with E-state index in [0.29, 0.717) is 33.4 Å². The molecule has 1 amide bonds. The number of anilines is 1. The summed E-state index contributed by atoms with van der Waals surface area (Å²) in [7, 11) is 0.294. The Balaban J connectivity index is 1.78. The summed E-state index contributed by atoms with van der Waals surface area (Å²) in [4.78, 5) is 21.2. The van der Waals surface area contributed by atoms with Gasteiger partial charge < -0.3 is 14.6 Å². The van der Waals surface area contributed by atoms with Crippen LogP contribution in [0, 0.1) is 0 Å². The quantitative estimate of drug-likeness (QED) is 0.192. The third-order valence-corrected chi connectivity index (χ3v) is 8.18. The van der Waals surface area contributed by atoms with Crippen molar-refractivity contribution in [2.45, 2.75) is 38.8 Å². The molecule has 1 N–H and O–H groups in total. The maximum absolute atomic E-state index is 13.9. The van der Waals surface area contributed by atoms with Gasteiger partial charge >= 0.3 is 0 Å². The fourth-order valence-electron chi connectivity index (χ4n) is 3.75. The van der Waals surface area contributed by atoms with Crippen LogP contribution in [0.1, 0.15) is 22.6 Å². The average Bonchev–Trinajstić information content (AvgIpc) is 3.36. The first kappa shape index (κ1) is 26.1. The molecule has 36 heavy (non-hydrogen) atoms. The summed E-state index contributed by atoms with van der Waals surface area (Å²) < 4.78 is 37.6. The number of halogens is 3. The number of hydrogen-bond donors (Lipinski definition) is 1. The van der Waals surface area contributed by atoms with Crippen LogP contribution in [0.2, 0.25) is 25.7 Å². The van der Waals surface area contributed by atoms with Gasteiger partial charge in [0.15, 0.2) is 0 Å². The van der Waals surface area contributed by atoms with Crippen molar-refractivity contribution in [3.8, 4) is 11.3 Å². The van der Waals surface area contributed by atoms with E-state index in [1.807, 2.05) is 0 Å². The molecule has 0 bridgehead atoms. The topological polar surface area (TPSA) is 86.9 Å². The Hall–Kier alpha value is -2.96. The lowest BCUT2D eigenvalue weighted by Crippen LogP contribution is -2.22. The van der Waals surface area contributed by atoms with E-state index in [1.165, 1.54) is 17.1 Å². The average molecular weight is 578 g/mol. The van der Waals surface area contributed by atoms with Crippen LogP contribution in [-0.2, 0) is 18.5 Å². The summed E-state index contributed by atoms with van der Waals surface area (Å²) >= 11 is 3.62. The van der Waals surface area contributed by atoms with Crippen LogP contribution in [0.4, 0.5) is 14.6 Å². The van der Waals surface area contributed by atoms with Crippen LogP contribution in [0.25, 0.3) is 22.3 Å². The smallest absolute Gasteiger partial charge is 0.294 e. The Morgan fingerprint density at radius 1 is 1.19 bits per heavy atom. The number of fused-ring (bicyclic) bond motifs is 1. The Kier molecular flexibility index (Phi) is 7.67. The second-order valence-electron chi connectivity index (χ2n) is 9.56. The minimum atomic E-state index is -2.65. The number of carbonyl (C=O) groups excluding carboxylic acids is 1. The largest absolute Gasteiger partial charge is 0.361 e. The third kappa shape index (κ3) is 5.55. The molecule has 0 aliphatic rings. The molecule has 3 heterocycles. The highest BCUT2D eigenvalue weighted by Gasteiger charge is 2.24. The van der Waals surface area contributed by atoms with E-state index >= 15 is 0 Å². The van der Waals surface area contributed by atoms with Crippen molar-refractivity contribution in [1.82, 2.24) is 24.3 Å². The zero-order valence-corrected chi connectivity index (χ0v) is 23.0. The number of benzene rings is 1. The SMILES string of the molecule is Cn1ncnc1C(=O)Nc1ccc2c(Br)c(-c3ccccc3C(F)F)n(COCC[Si](C)(C)C)c2n1. The van der Waals surface area contributed by atoms with E-state index in [-0.39, 0.29) is 23.9 Å². The molecule has 0 saturated carbocycles. The van der Waals surface area contributed by atoms with Crippen LogP contribution in [0.5, 0.6) is 0 Å². The number of alkyl halides is 2. The molecular weight excluding hydrogens is 550 g/mol. The van der Waals surface area contributed by atoms with Gasteiger partial charge in [0.2, 0.25) is 5.82 Å². The number of carbonyl (C=O) groups is 1. The maximum atomic E-state index is 13.9. The molecule has 0 spiro atoms. The van der Waals surface area contributed by atoms with E-state index in [4.69, 9.17) is 4.74 Å². The number of nitrogens with zero attached hydrogens (tertiary/aromatic N) is 5. The Morgan fingerprint density at radius 3 is 2.61 bits per heavy atom. The van der Waals surface area contributed by atoms with Crippen molar-refractivity contribution >= 4 is 46.8 Å². The molecular formula is C24H27BrF2N6O2Si. The number of pyridine rings is 1. The molecule has 0 unspecified atom stereocenters. The van der Waals surface area contributed by atoms with Crippen LogP contribution < -0.4 is 5.32 Å². The molecule has 0 atom stereocenters. The Morgan fingerprint density at radius 2 is 1.94 bits per heavy atom. The number of rotatable bonds is 9. The summed E-state index contributed by atoms with van der Waals surface area (Å²) in [5, 5.41) is 7.35. The van der Waals surface area contributed by atoms with Crippen LogP contribution in [0.3, 0.4) is 0 Å². The van der Waals surface area contributed by atoms with Crippen molar-refractivity contribution < 1.29 is 18.3 Å². The Labute approximate surface area is 216 Å². The van der Waals surface area contributed by atoms with Gasteiger partial charge in [0.25, 0.3) is 12.3 Å². The number of amides is 1. The van der Waals surface area contributed by atoms with Crippen molar-refractivity contribution in [1.29, 1.82) is 0 Å². The number of nitrogens with one attached hydrogen (secondary N) is 1. The van der Waals surface area contributed by atoms with Gasteiger partial charge in [-0.3, -0.25) is 4.79 Å². The summed E-state index contributed by atoms with van der Waals surface area (Å²) in [5.74, 6) is -0.0408. The van der Waals surface area contributed by atoms with Gasteiger partial charge in [-0.05, 0) is 34.1 Å². The summed E-state index contributed by atoms with van der Waals surface area (Å²) in [6.07, 6.45) is -1.36. The van der Waals surface area contributed by atoms with Crippen LogP contribution in [0.15, 0.2) is 47.2 Å². The Bertz CT molecular complexity index is 1400. The first-order chi connectivity index (χ1) is 17.1. The molecule has 0 aliphatic carbocycles. The minimum absolute atomic E-state index is 0.0832. The minimum Gasteiger partial charge on any atom is -0.361 e. The third-order valence-electron chi connectivity index (χ3n) is 5.67. The van der Waals surface area contributed by atoms with E-state index in [0.717, 1.165) is 6.04 Å². The number of ether oxygens (including phenoxy) is 1. The lowest BCUT2D eigenvalue weighted by atomic mass is 10.0. The summed E-state index contributed by atoms with van der Waals surface area (Å²) in [5.41, 5.74) is 1.33. The molecule has 0 radical (unpaired) electrons. The van der Waals surface area contributed by atoms with Crippen molar-refractivity contribution in [2.75, 3.05) is 11.9 Å². The predicted octanol–water partition coefficient (Wildman–Crippen LogP) is 6.10. The van der Waals surface area contributed by atoms with Crippen LogP contribution >= 0.6 is 15.9 Å². The van der Waals surface area contributed by atoms with Gasteiger partial charge in [0.05, 0.1) is 10.2 Å². The highest BCUT2D eigenvalue weighted by atomic mass is 79.9. The molecule has 0 aliphatic heterocycles. The molecule has 4 aromatic rings.